The van der Waals surface area contributed by atoms with E-state index in [1.165, 1.54) is 5.70 Å². The van der Waals surface area contributed by atoms with Crippen LogP contribution in [0, 0.1) is 0 Å². The molecule has 7 heavy (non-hydrogen) atoms. The Kier molecular flexibility index (Phi) is 0.355. The first-order chi connectivity index (χ1) is 3.47. The molecule has 0 amide bonds. The standard InChI is InChI=1S/C6H5N/c1-2-4-7-5-6(7)3-1/h1-5H. The zero-order valence-electron chi connectivity index (χ0n) is 3.83. The van der Waals surface area contributed by atoms with E-state index in [0.29, 0.717) is 0 Å². The molecule has 1 heteroatoms. The molecule has 0 aromatic carbocycles. The predicted octanol–water partition coefficient (Wildman–Crippen LogP) is 1.23. The number of fused-ring (bicyclic) bond motifs is 1. The van der Waals surface area contributed by atoms with E-state index < -0.39 is 0 Å². The van der Waals surface area contributed by atoms with Crippen LogP contribution in [0.1, 0.15) is 0 Å². The van der Waals surface area contributed by atoms with Gasteiger partial charge in [-0.05, 0) is 12.2 Å². The van der Waals surface area contributed by atoms with Crippen molar-refractivity contribution in [2.24, 2.45) is 0 Å². The predicted molar refractivity (Wildman–Crippen MR) is 28.2 cm³/mol. The first-order valence-electron chi connectivity index (χ1n) is 2.32. The molecule has 0 fully saturated rings. The molecule has 0 aliphatic carbocycles. The van der Waals surface area contributed by atoms with E-state index in [9.17, 15) is 0 Å². The Morgan fingerprint density at radius 2 is 2.29 bits per heavy atom. The van der Waals surface area contributed by atoms with E-state index in [1.807, 2.05) is 18.4 Å². The lowest BCUT2D eigenvalue weighted by atomic mass is 10.4. The van der Waals surface area contributed by atoms with Gasteiger partial charge >= 0.3 is 0 Å². The summed E-state index contributed by atoms with van der Waals surface area (Å²) in [4.78, 5) is 2.08. The molecule has 0 radical (unpaired) electrons. The summed E-state index contributed by atoms with van der Waals surface area (Å²) in [5, 5.41) is 0. The van der Waals surface area contributed by atoms with Crippen LogP contribution in [-0.2, 0) is 0 Å². The van der Waals surface area contributed by atoms with Crippen LogP contribution in [-0.4, -0.2) is 4.90 Å². The van der Waals surface area contributed by atoms with Crippen LogP contribution in [0.15, 0.2) is 36.3 Å². The van der Waals surface area contributed by atoms with Gasteiger partial charge < -0.3 is 4.90 Å². The molecule has 0 saturated carbocycles. The van der Waals surface area contributed by atoms with Crippen LogP contribution in [0.2, 0.25) is 0 Å². The minimum absolute atomic E-state index is 1.32. The number of hydrogen-bond donors (Lipinski definition) is 0. The van der Waals surface area contributed by atoms with Gasteiger partial charge in [-0.3, -0.25) is 0 Å². The highest BCUT2D eigenvalue weighted by molar-refractivity contribution is 5.39. The fourth-order valence-electron chi connectivity index (χ4n) is 0.668. The Balaban J connectivity index is 2.38. The molecule has 0 atom stereocenters. The van der Waals surface area contributed by atoms with Gasteiger partial charge in [0.1, 0.15) is 0 Å². The van der Waals surface area contributed by atoms with Crippen molar-refractivity contribution in [3.63, 3.8) is 0 Å². The normalized spacial score (nSPS) is 21.7. The first-order valence-corrected chi connectivity index (χ1v) is 2.32. The number of allylic oxidation sites excluding steroid dienone is 3. The highest BCUT2D eigenvalue weighted by Crippen LogP contribution is 2.24. The second-order valence-corrected chi connectivity index (χ2v) is 1.66. The van der Waals surface area contributed by atoms with Crippen LogP contribution in [0.4, 0.5) is 0 Å². The first kappa shape index (κ1) is 3.08. The highest BCUT2D eigenvalue weighted by atomic mass is 15.2. The molecule has 0 bridgehead atoms. The average molecular weight is 91.1 g/mol. The van der Waals surface area contributed by atoms with Gasteiger partial charge in [0.05, 0.1) is 5.70 Å². The third-order valence-corrected chi connectivity index (χ3v) is 1.13. The highest BCUT2D eigenvalue weighted by Gasteiger charge is 2.14. The molecule has 2 rings (SSSR count). The molecular formula is C6H5N. The number of nitrogens with zero attached hydrogens (tertiary/aromatic N) is 1. The van der Waals surface area contributed by atoms with Crippen molar-refractivity contribution < 1.29 is 0 Å². The molecule has 0 saturated heterocycles. The van der Waals surface area contributed by atoms with E-state index in [-0.39, 0.29) is 0 Å². The van der Waals surface area contributed by atoms with Crippen molar-refractivity contribution in [3.8, 4) is 0 Å². The Bertz CT molecular complexity index is 175. The Morgan fingerprint density at radius 3 is 2.86 bits per heavy atom. The fourth-order valence-corrected chi connectivity index (χ4v) is 0.668. The van der Waals surface area contributed by atoms with Crippen LogP contribution in [0.5, 0.6) is 0 Å². The lowest BCUT2D eigenvalue weighted by Crippen LogP contribution is -1.85. The summed E-state index contributed by atoms with van der Waals surface area (Å²) in [6, 6.07) is 0. The number of hydrogen-bond acceptors (Lipinski definition) is 1. The van der Waals surface area contributed by atoms with Gasteiger partial charge in [0.15, 0.2) is 0 Å². The lowest BCUT2D eigenvalue weighted by Gasteiger charge is -1.94. The van der Waals surface area contributed by atoms with Crippen LogP contribution in [0.3, 0.4) is 0 Å². The van der Waals surface area contributed by atoms with Gasteiger partial charge in [-0.1, -0.05) is 6.08 Å². The molecule has 0 N–H and O–H groups in total. The minimum atomic E-state index is 1.32. The van der Waals surface area contributed by atoms with Crippen LogP contribution >= 0.6 is 0 Å². The second kappa shape index (κ2) is 0.808. The summed E-state index contributed by atoms with van der Waals surface area (Å²) in [5.74, 6) is 0. The Labute approximate surface area is 42.2 Å². The average Bonchev–Trinajstić information content (AvgIpc) is 2.41. The number of rotatable bonds is 0. The van der Waals surface area contributed by atoms with Gasteiger partial charge in [0.25, 0.3) is 0 Å². The van der Waals surface area contributed by atoms with Crippen LogP contribution < -0.4 is 0 Å². The fraction of sp³-hybridized carbons (Fsp3) is 0. The minimum Gasteiger partial charge on any atom is -0.320 e. The zero-order valence-corrected chi connectivity index (χ0v) is 3.83. The maximum atomic E-state index is 2.08. The lowest BCUT2D eigenvalue weighted by molar-refractivity contribution is 0.804. The molecule has 2 aliphatic rings. The summed E-state index contributed by atoms with van der Waals surface area (Å²) in [6.45, 7) is 0. The molecule has 0 aromatic rings. The Morgan fingerprint density at radius 1 is 1.29 bits per heavy atom. The largest absolute Gasteiger partial charge is 0.320 e. The van der Waals surface area contributed by atoms with Crippen molar-refractivity contribution >= 4 is 0 Å². The van der Waals surface area contributed by atoms with Gasteiger partial charge in [-0.2, -0.15) is 0 Å². The molecule has 34 valence electrons. The van der Waals surface area contributed by atoms with E-state index in [4.69, 9.17) is 0 Å². The zero-order chi connectivity index (χ0) is 4.69. The van der Waals surface area contributed by atoms with Gasteiger partial charge in [-0.15, -0.1) is 0 Å². The Hall–Kier alpha value is -0.980. The summed E-state index contributed by atoms with van der Waals surface area (Å²) >= 11 is 0. The summed E-state index contributed by atoms with van der Waals surface area (Å²) in [5.41, 5.74) is 1.32. The molecule has 2 aliphatic heterocycles. The SMILES string of the molecule is C1=CC2=CN2C=C1. The molecule has 0 aromatic heterocycles. The van der Waals surface area contributed by atoms with Crippen molar-refractivity contribution in [1.29, 1.82) is 0 Å². The van der Waals surface area contributed by atoms with Crippen molar-refractivity contribution in [2.75, 3.05) is 0 Å². The van der Waals surface area contributed by atoms with Gasteiger partial charge in [-0.25, -0.2) is 0 Å². The molecule has 2 heterocycles. The van der Waals surface area contributed by atoms with Gasteiger partial charge in [0, 0.05) is 12.4 Å². The van der Waals surface area contributed by atoms with E-state index >= 15 is 0 Å². The van der Waals surface area contributed by atoms with Crippen molar-refractivity contribution in [2.45, 2.75) is 0 Å². The van der Waals surface area contributed by atoms with Crippen molar-refractivity contribution in [1.82, 2.24) is 4.90 Å². The topological polar surface area (TPSA) is 3.01 Å². The van der Waals surface area contributed by atoms with E-state index in [2.05, 4.69) is 17.2 Å². The third-order valence-electron chi connectivity index (χ3n) is 1.13. The maximum absolute atomic E-state index is 2.08. The second-order valence-electron chi connectivity index (χ2n) is 1.66. The summed E-state index contributed by atoms with van der Waals surface area (Å²) in [6.07, 6.45) is 10.3. The quantitative estimate of drug-likeness (QED) is 0.433. The summed E-state index contributed by atoms with van der Waals surface area (Å²) < 4.78 is 0. The summed E-state index contributed by atoms with van der Waals surface area (Å²) in [7, 11) is 0. The van der Waals surface area contributed by atoms with E-state index in [1.54, 1.807) is 0 Å². The molecular weight excluding hydrogens is 86.1 g/mol. The van der Waals surface area contributed by atoms with Crippen molar-refractivity contribution in [3.05, 3.63) is 36.3 Å². The monoisotopic (exact) mass is 91.0 g/mol. The molecule has 0 spiro atoms. The smallest absolute Gasteiger partial charge is 0.0616 e. The van der Waals surface area contributed by atoms with E-state index in [0.717, 1.165) is 0 Å². The van der Waals surface area contributed by atoms with Crippen LogP contribution in [0.25, 0.3) is 0 Å². The molecule has 0 unspecified atom stereocenters. The maximum Gasteiger partial charge on any atom is 0.0616 e. The third kappa shape index (κ3) is 0.317. The van der Waals surface area contributed by atoms with Gasteiger partial charge in [0.2, 0.25) is 0 Å². The molecule has 1 nitrogen and oxygen atoms in total.